The zero-order valence-electron chi connectivity index (χ0n) is 11.5. The molecule has 5 nitrogen and oxygen atoms in total. The van der Waals surface area contributed by atoms with Gasteiger partial charge in [0, 0.05) is 6.54 Å². The Morgan fingerprint density at radius 1 is 1.09 bits per heavy atom. The lowest BCUT2D eigenvalue weighted by molar-refractivity contribution is 0.174. The van der Waals surface area contributed by atoms with Crippen LogP contribution >= 0.6 is 0 Å². The standard InChI is InChI=1S/C15H14FNO4S/c16-11-2-4-12(5-3-11)22(18,19)15(8-17)10-1-6-13-14(7-10)21-9-20-13/h1-7,15H,8-9,17H2/t15-/m0/s1. The summed E-state index contributed by atoms with van der Waals surface area (Å²) in [7, 11) is -3.73. The van der Waals surface area contributed by atoms with E-state index in [-0.39, 0.29) is 18.2 Å². The molecule has 0 aliphatic carbocycles. The van der Waals surface area contributed by atoms with E-state index in [9.17, 15) is 12.8 Å². The van der Waals surface area contributed by atoms with Crippen molar-refractivity contribution in [3.63, 3.8) is 0 Å². The van der Waals surface area contributed by atoms with Crippen LogP contribution in [-0.2, 0) is 9.84 Å². The van der Waals surface area contributed by atoms with E-state index in [0.29, 0.717) is 17.1 Å². The Hall–Kier alpha value is -2.12. The monoisotopic (exact) mass is 323 g/mol. The van der Waals surface area contributed by atoms with Gasteiger partial charge in [0.25, 0.3) is 0 Å². The minimum absolute atomic E-state index is 0.0296. The SMILES string of the molecule is NC[C@@H](c1ccc2c(c1)OCO2)S(=O)(=O)c1ccc(F)cc1. The second-order valence-corrected chi connectivity index (χ2v) is 6.97. The van der Waals surface area contributed by atoms with Crippen LogP contribution < -0.4 is 15.2 Å². The quantitative estimate of drug-likeness (QED) is 0.871. The van der Waals surface area contributed by atoms with E-state index in [0.717, 1.165) is 12.1 Å². The first-order valence-electron chi connectivity index (χ1n) is 6.61. The molecule has 0 fully saturated rings. The van der Waals surface area contributed by atoms with E-state index in [1.54, 1.807) is 18.2 Å². The summed E-state index contributed by atoms with van der Waals surface area (Å²) in [5.74, 6) is 0.565. The molecular formula is C15H14FNO4S. The maximum Gasteiger partial charge on any atom is 0.231 e. The van der Waals surface area contributed by atoms with Gasteiger partial charge in [-0.15, -0.1) is 0 Å². The van der Waals surface area contributed by atoms with Crippen molar-refractivity contribution < 1.29 is 22.3 Å². The fourth-order valence-corrected chi connectivity index (χ4v) is 3.95. The maximum absolute atomic E-state index is 13.0. The van der Waals surface area contributed by atoms with Gasteiger partial charge in [-0.2, -0.15) is 0 Å². The summed E-state index contributed by atoms with van der Waals surface area (Å²) >= 11 is 0. The van der Waals surface area contributed by atoms with E-state index in [1.165, 1.54) is 12.1 Å². The van der Waals surface area contributed by atoms with E-state index < -0.39 is 20.9 Å². The van der Waals surface area contributed by atoms with Gasteiger partial charge in [0.15, 0.2) is 21.3 Å². The lowest BCUT2D eigenvalue weighted by atomic mass is 10.1. The smallest absolute Gasteiger partial charge is 0.231 e. The molecular weight excluding hydrogens is 309 g/mol. The average Bonchev–Trinajstić information content (AvgIpc) is 2.96. The molecule has 0 amide bonds. The number of rotatable bonds is 4. The molecule has 116 valence electrons. The minimum Gasteiger partial charge on any atom is -0.454 e. The largest absolute Gasteiger partial charge is 0.454 e. The third kappa shape index (κ3) is 2.53. The van der Waals surface area contributed by atoms with Crippen molar-refractivity contribution in [1.82, 2.24) is 0 Å². The molecule has 0 spiro atoms. The van der Waals surface area contributed by atoms with Crippen molar-refractivity contribution in [3.05, 3.63) is 53.8 Å². The van der Waals surface area contributed by atoms with Crippen molar-refractivity contribution in [2.45, 2.75) is 10.1 Å². The van der Waals surface area contributed by atoms with E-state index in [4.69, 9.17) is 15.2 Å². The van der Waals surface area contributed by atoms with Gasteiger partial charge in [-0.05, 0) is 42.0 Å². The minimum atomic E-state index is -3.73. The number of benzene rings is 2. The Morgan fingerprint density at radius 2 is 1.77 bits per heavy atom. The Balaban J connectivity index is 2.01. The van der Waals surface area contributed by atoms with Crippen LogP contribution in [0.2, 0.25) is 0 Å². The van der Waals surface area contributed by atoms with Crippen molar-refractivity contribution in [2.24, 2.45) is 5.73 Å². The molecule has 0 saturated heterocycles. The fraction of sp³-hybridized carbons (Fsp3) is 0.200. The summed E-state index contributed by atoms with van der Waals surface area (Å²) in [4.78, 5) is 0.0296. The molecule has 1 atom stereocenters. The predicted molar refractivity (Wildman–Crippen MR) is 77.9 cm³/mol. The van der Waals surface area contributed by atoms with Gasteiger partial charge >= 0.3 is 0 Å². The molecule has 0 unspecified atom stereocenters. The fourth-order valence-electron chi connectivity index (χ4n) is 2.34. The lowest BCUT2D eigenvalue weighted by Gasteiger charge is -2.16. The van der Waals surface area contributed by atoms with Gasteiger partial charge in [-0.25, -0.2) is 12.8 Å². The molecule has 2 aromatic carbocycles. The molecule has 1 aliphatic rings. The molecule has 7 heteroatoms. The highest BCUT2D eigenvalue weighted by atomic mass is 32.2. The zero-order chi connectivity index (χ0) is 15.7. The summed E-state index contributed by atoms with van der Waals surface area (Å²) in [6.45, 7) is 0.0101. The van der Waals surface area contributed by atoms with Crippen LogP contribution in [0.1, 0.15) is 10.8 Å². The Kier molecular flexibility index (Phi) is 3.76. The van der Waals surface area contributed by atoms with Crippen LogP contribution in [0.25, 0.3) is 0 Å². The topological polar surface area (TPSA) is 78.6 Å². The van der Waals surface area contributed by atoms with Crippen LogP contribution in [0.5, 0.6) is 11.5 Å². The number of hydrogen-bond donors (Lipinski definition) is 1. The third-order valence-electron chi connectivity index (χ3n) is 3.50. The third-order valence-corrected chi connectivity index (χ3v) is 5.64. The first kappa shape index (κ1) is 14.8. The van der Waals surface area contributed by atoms with E-state index >= 15 is 0 Å². The molecule has 0 aromatic heterocycles. The molecule has 1 aliphatic heterocycles. The normalized spacial score (nSPS) is 14.8. The summed E-state index contributed by atoms with van der Waals surface area (Å²) in [6.07, 6.45) is 0. The van der Waals surface area contributed by atoms with Crippen LogP contribution in [-0.4, -0.2) is 21.8 Å². The van der Waals surface area contributed by atoms with Gasteiger partial charge < -0.3 is 15.2 Å². The molecule has 3 rings (SSSR count). The van der Waals surface area contributed by atoms with Crippen LogP contribution in [0.3, 0.4) is 0 Å². The molecule has 2 N–H and O–H groups in total. The molecule has 1 heterocycles. The summed E-state index contributed by atoms with van der Waals surface area (Å²) in [5.41, 5.74) is 6.19. The van der Waals surface area contributed by atoms with Crippen LogP contribution in [0.15, 0.2) is 47.4 Å². The summed E-state index contributed by atoms with van der Waals surface area (Å²) in [6, 6.07) is 9.61. The zero-order valence-corrected chi connectivity index (χ0v) is 12.3. The number of sulfone groups is 1. The Bertz CT molecular complexity index is 790. The number of nitrogens with two attached hydrogens (primary N) is 1. The van der Waals surface area contributed by atoms with Crippen LogP contribution in [0.4, 0.5) is 4.39 Å². The van der Waals surface area contributed by atoms with Crippen molar-refractivity contribution in [3.8, 4) is 11.5 Å². The summed E-state index contributed by atoms with van der Waals surface area (Å²) < 4.78 is 48.8. The number of hydrogen-bond acceptors (Lipinski definition) is 5. The van der Waals surface area contributed by atoms with Crippen molar-refractivity contribution in [1.29, 1.82) is 0 Å². The van der Waals surface area contributed by atoms with Gasteiger partial charge in [0.1, 0.15) is 11.1 Å². The maximum atomic E-state index is 13.0. The van der Waals surface area contributed by atoms with Gasteiger partial charge in [-0.3, -0.25) is 0 Å². The Morgan fingerprint density at radius 3 is 2.45 bits per heavy atom. The highest BCUT2D eigenvalue weighted by Crippen LogP contribution is 2.37. The number of fused-ring (bicyclic) bond motifs is 1. The van der Waals surface area contributed by atoms with E-state index in [1.807, 2.05) is 0 Å². The van der Waals surface area contributed by atoms with Crippen LogP contribution in [0, 0.1) is 5.82 Å². The first-order valence-corrected chi connectivity index (χ1v) is 8.16. The highest BCUT2D eigenvalue weighted by Gasteiger charge is 2.29. The van der Waals surface area contributed by atoms with Crippen molar-refractivity contribution >= 4 is 9.84 Å². The number of halogens is 1. The number of ether oxygens (including phenoxy) is 2. The first-order chi connectivity index (χ1) is 10.5. The molecule has 22 heavy (non-hydrogen) atoms. The Labute approximate surface area is 127 Å². The van der Waals surface area contributed by atoms with Crippen molar-refractivity contribution in [2.75, 3.05) is 13.3 Å². The summed E-state index contributed by atoms with van der Waals surface area (Å²) in [5, 5.41) is -0.938. The molecule has 0 radical (unpaired) electrons. The molecule has 2 aromatic rings. The highest BCUT2D eigenvalue weighted by molar-refractivity contribution is 7.91. The molecule has 0 saturated carbocycles. The lowest BCUT2D eigenvalue weighted by Crippen LogP contribution is -2.22. The van der Waals surface area contributed by atoms with E-state index in [2.05, 4.69) is 0 Å². The predicted octanol–water partition coefficient (Wildman–Crippen LogP) is 2.03. The second kappa shape index (κ2) is 5.58. The molecule has 0 bridgehead atoms. The average molecular weight is 323 g/mol. The second-order valence-electron chi connectivity index (χ2n) is 4.84. The van der Waals surface area contributed by atoms with Gasteiger partial charge in [0.05, 0.1) is 4.90 Å². The van der Waals surface area contributed by atoms with Gasteiger partial charge in [-0.1, -0.05) is 6.07 Å². The van der Waals surface area contributed by atoms with Gasteiger partial charge in [0.2, 0.25) is 6.79 Å².